The molecular weight excluding hydrogens is 266 g/mol. The maximum absolute atomic E-state index is 12.0. The number of amides is 2. The van der Waals surface area contributed by atoms with E-state index in [1.165, 1.54) is 0 Å². The number of hydrogen-bond acceptors (Lipinski definition) is 3. The molecule has 21 heavy (non-hydrogen) atoms. The lowest BCUT2D eigenvalue weighted by Gasteiger charge is -2.18. The smallest absolute Gasteiger partial charge is 0.317 e. The zero-order valence-corrected chi connectivity index (χ0v) is 12.7. The summed E-state index contributed by atoms with van der Waals surface area (Å²) in [5.41, 5.74) is 2.24. The number of nitrogens with zero attached hydrogens (tertiary/aromatic N) is 2. The second-order valence-electron chi connectivity index (χ2n) is 5.16. The lowest BCUT2D eigenvalue weighted by atomic mass is 10.2. The highest BCUT2D eigenvalue weighted by Crippen LogP contribution is 2.13. The predicted molar refractivity (Wildman–Crippen MR) is 83.2 cm³/mol. The van der Waals surface area contributed by atoms with Gasteiger partial charge in [-0.2, -0.15) is 0 Å². The van der Waals surface area contributed by atoms with E-state index in [0.29, 0.717) is 13.1 Å². The van der Waals surface area contributed by atoms with Gasteiger partial charge in [0.1, 0.15) is 5.76 Å². The monoisotopic (exact) mass is 287 g/mol. The van der Waals surface area contributed by atoms with Crippen LogP contribution >= 0.6 is 0 Å². The van der Waals surface area contributed by atoms with Crippen LogP contribution in [0.25, 0.3) is 0 Å². The van der Waals surface area contributed by atoms with Crippen LogP contribution in [0, 0.1) is 0 Å². The van der Waals surface area contributed by atoms with Crippen molar-refractivity contribution in [2.24, 2.45) is 0 Å². The van der Waals surface area contributed by atoms with Crippen molar-refractivity contribution in [1.82, 2.24) is 10.2 Å². The van der Waals surface area contributed by atoms with Crippen molar-refractivity contribution >= 4 is 11.7 Å². The summed E-state index contributed by atoms with van der Waals surface area (Å²) in [6.07, 6.45) is 1.59. The molecule has 0 aliphatic rings. The molecule has 1 heterocycles. The Hall–Kier alpha value is -2.43. The molecule has 0 atom stereocenters. The highest BCUT2D eigenvalue weighted by Gasteiger charge is 2.09. The first-order valence-corrected chi connectivity index (χ1v) is 6.84. The van der Waals surface area contributed by atoms with Gasteiger partial charge in [0.15, 0.2) is 0 Å². The minimum absolute atomic E-state index is 0.122. The Morgan fingerprint density at radius 3 is 2.43 bits per heavy atom. The molecule has 2 aromatic rings. The Morgan fingerprint density at radius 2 is 1.86 bits per heavy atom. The number of urea groups is 1. The average Bonchev–Trinajstić information content (AvgIpc) is 2.98. The standard InChI is InChI=1S/C16H21N3O2/c1-18(2)14-8-6-13(7-9-14)12-19(3)16(20)17-11-15-5-4-10-21-15/h4-10H,11-12H2,1-3H3,(H,17,20). The quantitative estimate of drug-likeness (QED) is 0.920. The van der Waals surface area contributed by atoms with Crippen molar-refractivity contribution < 1.29 is 9.21 Å². The van der Waals surface area contributed by atoms with Crippen LogP contribution in [-0.2, 0) is 13.1 Å². The van der Waals surface area contributed by atoms with Crippen LogP contribution in [0.1, 0.15) is 11.3 Å². The summed E-state index contributed by atoms with van der Waals surface area (Å²) in [5.74, 6) is 0.743. The van der Waals surface area contributed by atoms with E-state index >= 15 is 0 Å². The number of anilines is 1. The SMILES string of the molecule is CN(Cc1ccc(N(C)C)cc1)C(=O)NCc1ccco1. The molecule has 1 aromatic heterocycles. The summed E-state index contributed by atoms with van der Waals surface area (Å²) in [6.45, 7) is 0.966. The number of carbonyl (C=O) groups excluding carboxylic acids is 1. The van der Waals surface area contributed by atoms with Crippen LogP contribution in [-0.4, -0.2) is 32.1 Å². The third-order valence-electron chi connectivity index (χ3n) is 3.21. The first-order chi connectivity index (χ1) is 10.1. The second-order valence-corrected chi connectivity index (χ2v) is 5.16. The minimum atomic E-state index is -0.122. The normalized spacial score (nSPS) is 10.2. The molecule has 0 aliphatic carbocycles. The maximum atomic E-state index is 12.0. The lowest BCUT2D eigenvalue weighted by molar-refractivity contribution is 0.205. The molecule has 0 spiro atoms. The third kappa shape index (κ3) is 4.27. The van der Waals surface area contributed by atoms with Crippen molar-refractivity contribution in [2.75, 3.05) is 26.0 Å². The molecule has 0 radical (unpaired) electrons. The van der Waals surface area contributed by atoms with Crippen LogP contribution in [0.15, 0.2) is 47.1 Å². The molecule has 5 heteroatoms. The van der Waals surface area contributed by atoms with Crippen molar-refractivity contribution in [1.29, 1.82) is 0 Å². The second kappa shape index (κ2) is 6.83. The summed E-state index contributed by atoms with van der Waals surface area (Å²) in [6, 6.07) is 11.7. The molecule has 0 unspecified atom stereocenters. The van der Waals surface area contributed by atoms with Crippen LogP contribution in [0.2, 0.25) is 0 Å². The number of rotatable bonds is 5. The number of benzene rings is 1. The van der Waals surface area contributed by atoms with Gasteiger partial charge in [0, 0.05) is 33.4 Å². The van der Waals surface area contributed by atoms with Crippen LogP contribution in [0.3, 0.4) is 0 Å². The van der Waals surface area contributed by atoms with E-state index < -0.39 is 0 Å². The molecular formula is C16H21N3O2. The van der Waals surface area contributed by atoms with Gasteiger partial charge >= 0.3 is 6.03 Å². The molecule has 0 saturated carbocycles. The fourth-order valence-electron chi connectivity index (χ4n) is 1.96. The van der Waals surface area contributed by atoms with Gasteiger partial charge in [-0.15, -0.1) is 0 Å². The van der Waals surface area contributed by atoms with Gasteiger partial charge in [-0.1, -0.05) is 12.1 Å². The highest BCUT2D eigenvalue weighted by atomic mass is 16.3. The van der Waals surface area contributed by atoms with E-state index in [1.807, 2.05) is 49.3 Å². The van der Waals surface area contributed by atoms with Crippen molar-refractivity contribution in [3.05, 3.63) is 54.0 Å². The molecule has 112 valence electrons. The van der Waals surface area contributed by atoms with Crippen LogP contribution in [0.5, 0.6) is 0 Å². The Morgan fingerprint density at radius 1 is 1.14 bits per heavy atom. The van der Waals surface area contributed by atoms with Gasteiger partial charge in [-0.05, 0) is 29.8 Å². The summed E-state index contributed by atoms with van der Waals surface area (Å²) < 4.78 is 5.18. The Balaban J connectivity index is 1.85. The Bertz CT molecular complexity index is 562. The van der Waals surface area contributed by atoms with Crippen molar-refractivity contribution in [2.45, 2.75) is 13.1 Å². The van der Waals surface area contributed by atoms with E-state index in [9.17, 15) is 4.79 Å². The third-order valence-corrected chi connectivity index (χ3v) is 3.21. The molecule has 0 bridgehead atoms. The van der Waals surface area contributed by atoms with Crippen molar-refractivity contribution in [3.8, 4) is 0 Å². The fraction of sp³-hybridized carbons (Fsp3) is 0.312. The molecule has 0 fully saturated rings. The van der Waals surface area contributed by atoms with Gasteiger partial charge in [0.05, 0.1) is 12.8 Å². The van der Waals surface area contributed by atoms with Gasteiger partial charge in [0.25, 0.3) is 0 Å². The van der Waals surface area contributed by atoms with E-state index in [4.69, 9.17) is 4.42 Å². The molecule has 5 nitrogen and oxygen atoms in total. The number of nitrogens with one attached hydrogen (secondary N) is 1. The Kier molecular flexibility index (Phi) is 4.87. The summed E-state index contributed by atoms with van der Waals surface area (Å²) >= 11 is 0. The van der Waals surface area contributed by atoms with Gasteiger partial charge in [0.2, 0.25) is 0 Å². The zero-order valence-electron chi connectivity index (χ0n) is 12.7. The average molecular weight is 287 g/mol. The predicted octanol–water partition coefficient (Wildman–Crippen LogP) is 2.69. The molecule has 0 saturated heterocycles. The molecule has 2 rings (SSSR count). The van der Waals surface area contributed by atoms with E-state index in [2.05, 4.69) is 5.32 Å². The first kappa shape index (κ1) is 15.0. The molecule has 2 amide bonds. The van der Waals surface area contributed by atoms with E-state index in [0.717, 1.165) is 17.0 Å². The van der Waals surface area contributed by atoms with Gasteiger partial charge in [-0.25, -0.2) is 4.79 Å². The highest BCUT2D eigenvalue weighted by molar-refractivity contribution is 5.73. The molecule has 1 aromatic carbocycles. The summed E-state index contributed by atoms with van der Waals surface area (Å²) in [7, 11) is 5.78. The summed E-state index contributed by atoms with van der Waals surface area (Å²) in [5, 5.41) is 2.82. The topological polar surface area (TPSA) is 48.7 Å². The Labute approximate surface area is 125 Å². The van der Waals surface area contributed by atoms with Crippen molar-refractivity contribution in [3.63, 3.8) is 0 Å². The molecule has 0 aliphatic heterocycles. The summed E-state index contributed by atoms with van der Waals surface area (Å²) in [4.78, 5) is 15.7. The first-order valence-electron chi connectivity index (χ1n) is 6.84. The zero-order chi connectivity index (χ0) is 15.2. The maximum Gasteiger partial charge on any atom is 0.317 e. The molecule has 1 N–H and O–H groups in total. The van der Waals surface area contributed by atoms with Crippen LogP contribution < -0.4 is 10.2 Å². The lowest BCUT2D eigenvalue weighted by Crippen LogP contribution is -2.36. The number of hydrogen-bond donors (Lipinski definition) is 1. The number of carbonyl (C=O) groups is 1. The largest absolute Gasteiger partial charge is 0.467 e. The minimum Gasteiger partial charge on any atom is -0.467 e. The van der Waals surface area contributed by atoms with Gasteiger partial charge < -0.3 is 19.5 Å². The van der Waals surface area contributed by atoms with Crippen LogP contribution in [0.4, 0.5) is 10.5 Å². The van der Waals surface area contributed by atoms with Gasteiger partial charge in [-0.3, -0.25) is 0 Å². The number of furan rings is 1. The fourth-order valence-corrected chi connectivity index (χ4v) is 1.96. The van der Waals surface area contributed by atoms with E-state index in [-0.39, 0.29) is 6.03 Å². The van der Waals surface area contributed by atoms with E-state index in [1.54, 1.807) is 24.3 Å².